The molecule has 0 N–H and O–H groups in total. The van der Waals surface area contributed by atoms with E-state index in [4.69, 9.17) is 0 Å². The maximum Gasteiger partial charge on any atom is 0.248 e. The Labute approximate surface area is 53.9 Å². The van der Waals surface area contributed by atoms with Gasteiger partial charge in [0.15, 0.2) is 0 Å². The SMILES string of the molecule is Fc1nnc[c]c1Br. The highest BCUT2D eigenvalue weighted by molar-refractivity contribution is 9.10. The highest BCUT2D eigenvalue weighted by Crippen LogP contribution is 2.07. The number of hydrogen-bond donors (Lipinski definition) is 0. The average Bonchev–Trinajstić information content (AvgIpc) is 1.77. The van der Waals surface area contributed by atoms with Gasteiger partial charge in [-0.15, -0.1) is 5.10 Å². The van der Waals surface area contributed by atoms with E-state index in [-0.39, 0.29) is 4.47 Å². The summed E-state index contributed by atoms with van der Waals surface area (Å²) >= 11 is 2.86. The van der Waals surface area contributed by atoms with Crippen LogP contribution < -0.4 is 0 Å². The zero-order chi connectivity index (χ0) is 5.98. The van der Waals surface area contributed by atoms with Crippen molar-refractivity contribution in [3.05, 3.63) is 22.7 Å². The summed E-state index contributed by atoms with van der Waals surface area (Å²) in [7, 11) is 0. The summed E-state index contributed by atoms with van der Waals surface area (Å²) < 4.78 is 12.3. The zero-order valence-corrected chi connectivity index (χ0v) is 5.31. The second kappa shape index (κ2) is 2.17. The highest BCUT2D eigenvalue weighted by atomic mass is 79.9. The second-order valence-corrected chi connectivity index (χ2v) is 1.89. The molecule has 0 saturated carbocycles. The van der Waals surface area contributed by atoms with Crippen LogP contribution in [0.25, 0.3) is 0 Å². The predicted octanol–water partition coefficient (Wildman–Crippen LogP) is 1.18. The van der Waals surface area contributed by atoms with Gasteiger partial charge < -0.3 is 0 Å². The zero-order valence-electron chi connectivity index (χ0n) is 3.73. The van der Waals surface area contributed by atoms with E-state index < -0.39 is 5.95 Å². The number of aromatic nitrogens is 2. The first kappa shape index (κ1) is 5.62. The van der Waals surface area contributed by atoms with E-state index in [0.717, 1.165) is 0 Å². The van der Waals surface area contributed by atoms with Gasteiger partial charge in [0, 0.05) is 6.07 Å². The molecule has 1 rings (SSSR count). The van der Waals surface area contributed by atoms with Crippen LogP contribution in [0.5, 0.6) is 0 Å². The van der Waals surface area contributed by atoms with Crippen LogP contribution >= 0.6 is 15.9 Å². The lowest BCUT2D eigenvalue weighted by molar-refractivity contribution is 0.555. The smallest absolute Gasteiger partial charge is 0.182 e. The third-order valence-electron chi connectivity index (χ3n) is 0.576. The van der Waals surface area contributed by atoms with Gasteiger partial charge in [-0.1, -0.05) is 0 Å². The molecule has 0 unspecified atom stereocenters. The molecule has 0 aliphatic carbocycles. The van der Waals surface area contributed by atoms with Crippen LogP contribution in [0.4, 0.5) is 4.39 Å². The lowest BCUT2D eigenvalue weighted by atomic mass is 10.6. The second-order valence-electron chi connectivity index (χ2n) is 1.09. The Bertz CT molecular complexity index is 170. The van der Waals surface area contributed by atoms with Crippen molar-refractivity contribution in [2.75, 3.05) is 0 Å². The van der Waals surface area contributed by atoms with E-state index in [1.54, 1.807) is 0 Å². The summed E-state index contributed by atoms with van der Waals surface area (Å²) in [6.07, 6.45) is 1.28. The Morgan fingerprint density at radius 2 is 2.50 bits per heavy atom. The molecule has 1 heterocycles. The predicted molar refractivity (Wildman–Crippen MR) is 28.5 cm³/mol. The standard InChI is InChI=1S/C4HBrFN2/c5-3-1-2-7-8-4(3)6/h2H. The largest absolute Gasteiger partial charge is 0.248 e. The normalized spacial score (nSPS) is 9.25. The van der Waals surface area contributed by atoms with Gasteiger partial charge in [-0.05, 0) is 15.9 Å². The van der Waals surface area contributed by atoms with Crippen molar-refractivity contribution < 1.29 is 4.39 Å². The fourth-order valence-corrected chi connectivity index (χ4v) is 0.450. The Kier molecular flexibility index (Phi) is 1.53. The van der Waals surface area contributed by atoms with Crippen LogP contribution in [-0.4, -0.2) is 10.2 Å². The van der Waals surface area contributed by atoms with Gasteiger partial charge in [0.25, 0.3) is 0 Å². The van der Waals surface area contributed by atoms with Gasteiger partial charge in [-0.25, -0.2) is 0 Å². The molecular formula is C4HBrFN2. The van der Waals surface area contributed by atoms with Crippen molar-refractivity contribution in [2.45, 2.75) is 0 Å². The van der Waals surface area contributed by atoms with Crippen LogP contribution in [0, 0.1) is 12.0 Å². The lowest BCUT2D eigenvalue weighted by Gasteiger charge is -1.84. The number of nitrogens with zero attached hydrogens (tertiary/aromatic N) is 2. The highest BCUT2D eigenvalue weighted by Gasteiger charge is 1.95. The van der Waals surface area contributed by atoms with Crippen LogP contribution in [0.15, 0.2) is 10.7 Å². The van der Waals surface area contributed by atoms with Crippen LogP contribution in [0.2, 0.25) is 0 Å². The lowest BCUT2D eigenvalue weighted by Crippen LogP contribution is -1.85. The molecular weight excluding hydrogens is 175 g/mol. The van der Waals surface area contributed by atoms with Gasteiger partial charge in [-0.2, -0.15) is 9.49 Å². The molecule has 1 aromatic heterocycles. The Morgan fingerprint density at radius 3 is 2.88 bits per heavy atom. The minimum Gasteiger partial charge on any atom is -0.182 e. The summed E-state index contributed by atoms with van der Waals surface area (Å²) in [5.41, 5.74) is 0. The quantitative estimate of drug-likeness (QED) is 0.592. The minimum atomic E-state index is -0.632. The molecule has 8 heavy (non-hydrogen) atoms. The van der Waals surface area contributed by atoms with Crippen molar-refractivity contribution in [2.24, 2.45) is 0 Å². The molecule has 0 aromatic carbocycles. The van der Waals surface area contributed by atoms with Crippen molar-refractivity contribution in [3.8, 4) is 0 Å². The van der Waals surface area contributed by atoms with E-state index in [1.165, 1.54) is 6.20 Å². The summed E-state index contributed by atoms with van der Waals surface area (Å²) in [6.45, 7) is 0. The third kappa shape index (κ3) is 1.01. The first-order valence-electron chi connectivity index (χ1n) is 1.85. The topological polar surface area (TPSA) is 25.8 Å². The molecule has 0 bridgehead atoms. The fraction of sp³-hybridized carbons (Fsp3) is 0. The number of hydrogen-bond acceptors (Lipinski definition) is 2. The van der Waals surface area contributed by atoms with E-state index in [2.05, 4.69) is 32.2 Å². The summed E-state index contributed by atoms with van der Waals surface area (Å²) in [4.78, 5) is 0. The molecule has 0 spiro atoms. The van der Waals surface area contributed by atoms with E-state index in [9.17, 15) is 4.39 Å². The van der Waals surface area contributed by atoms with Crippen molar-refractivity contribution >= 4 is 15.9 Å². The van der Waals surface area contributed by atoms with Gasteiger partial charge in [-0.3, -0.25) is 0 Å². The molecule has 1 aromatic rings. The molecule has 0 fully saturated rings. The molecule has 1 radical (unpaired) electrons. The van der Waals surface area contributed by atoms with E-state index in [1.807, 2.05) is 0 Å². The number of rotatable bonds is 0. The monoisotopic (exact) mass is 175 g/mol. The van der Waals surface area contributed by atoms with Gasteiger partial charge in [0.1, 0.15) is 0 Å². The third-order valence-corrected chi connectivity index (χ3v) is 1.13. The van der Waals surface area contributed by atoms with Crippen LogP contribution in [-0.2, 0) is 0 Å². The first-order chi connectivity index (χ1) is 3.80. The van der Waals surface area contributed by atoms with Crippen molar-refractivity contribution in [1.29, 1.82) is 0 Å². The molecule has 4 heteroatoms. The molecule has 2 nitrogen and oxygen atoms in total. The maximum atomic E-state index is 12.1. The van der Waals surface area contributed by atoms with Gasteiger partial charge >= 0.3 is 0 Å². The van der Waals surface area contributed by atoms with Gasteiger partial charge in [0.05, 0.1) is 10.7 Å². The van der Waals surface area contributed by atoms with Crippen molar-refractivity contribution in [1.82, 2.24) is 10.2 Å². The van der Waals surface area contributed by atoms with E-state index >= 15 is 0 Å². The maximum absolute atomic E-state index is 12.1. The average molecular weight is 176 g/mol. The molecule has 0 atom stereocenters. The Morgan fingerprint density at radius 1 is 1.75 bits per heavy atom. The Balaban J connectivity index is 3.13. The molecule has 0 aliphatic rings. The van der Waals surface area contributed by atoms with E-state index in [0.29, 0.717) is 0 Å². The van der Waals surface area contributed by atoms with Crippen LogP contribution in [0.1, 0.15) is 0 Å². The number of halogens is 2. The molecule has 0 amide bonds. The van der Waals surface area contributed by atoms with Crippen molar-refractivity contribution in [3.63, 3.8) is 0 Å². The summed E-state index contributed by atoms with van der Waals surface area (Å²) in [5, 5.41) is 6.32. The fourth-order valence-electron chi connectivity index (χ4n) is 0.269. The summed E-state index contributed by atoms with van der Waals surface area (Å²) in [5.74, 6) is -0.632. The Hall–Kier alpha value is -0.510. The first-order valence-corrected chi connectivity index (χ1v) is 2.64. The molecule has 0 aliphatic heterocycles. The minimum absolute atomic E-state index is 0.215. The van der Waals surface area contributed by atoms with Crippen LogP contribution in [0.3, 0.4) is 0 Å². The summed E-state index contributed by atoms with van der Waals surface area (Å²) in [6, 6.07) is 2.47. The van der Waals surface area contributed by atoms with Gasteiger partial charge in [0.2, 0.25) is 5.95 Å². The molecule has 0 saturated heterocycles. The molecule has 41 valence electrons.